The number of nitrogens with zero attached hydrogens (tertiary/aromatic N) is 1. The monoisotopic (exact) mass is 193 g/mol. The second-order valence-corrected chi connectivity index (χ2v) is 2.99. The number of carbonyl (C=O) groups is 1. The van der Waals surface area contributed by atoms with Crippen molar-refractivity contribution in [3.8, 4) is 0 Å². The first-order chi connectivity index (χ1) is 6.75. The fourth-order valence-electron chi connectivity index (χ4n) is 1.15. The average molecular weight is 193 g/mol. The predicted molar refractivity (Wildman–Crippen MR) is 56.1 cm³/mol. The number of rotatable bonds is 5. The maximum absolute atomic E-state index is 11.6. The number of nitrogen functional groups attached to an aromatic ring is 1. The molecule has 0 saturated carbocycles. The first-order valence-corrected chi connectivity index (χ1v) is 4.69. The molecule has 0 aliphatic carbocycles. The van der Waals surface area contributed by atoms with Crippen molar-refractivity contribution in [2.75, 3.05) is 18.8 Å². The molecule has 3 N–H and O–H groups in total. The number of pyridine rings is 1. The van der Waals surface area contributed by atoms with Crippen molar-refractivity contribution >= 4 is 11.5 Å². The third-order valence-electron chi connectivity index (χ3n) is 1.93. The highest BCUT2D eigenvalue weighted by Gasteiger charge is 2.08. The highest BCUT2D eigenvalue weighted by molar-refractivity contribution is 6.00. The summed E-state index contributed by atoms with van der Waals surface area (Å²) in [7, 11) is 0. The van der Waals surface area contributed by atoms with Gasteiger partial charge in [0.05, 0.1) is 5.56 Å². The summed E-state index contributed by atoms with van der Waals surface area (Å²) in [6.45, 7) is 3.56. The van der Waals surface area contributed by atoms with Gasteiger partial charge in [-0.3, -0.25) is 9.78 Å². The summed E-state index contributed by atoms with van der Waals surface area (Å²) >= 11 is 0. The lowest BCUT2D eigenvalue weighted by atomic mass is 10.1. The van der Waals surface area contributed by atoms with Crippen LogP contribution in [0.4, 0.5) is 5.69 Å². The number of nitrogens with one attached hydrogen (secondary N) is 1. The molecule has 0 fully saturated rings. The molecule has 1 aromatic rings. The summed E-state index contributed by atoms with van der Waals surface area (Å²) in [4.78, 5) is 15.5. The molecule has 0 aromatic carbocycles. The minimum atomic E-state index is 0.0385. The summed E-state index contributed by atoms with van der Waals surface area (Å²) in [5.74, 6) is 0.0385. The van der Waals surface area contributed by atoms with Crippen LogP contribution in [0.5, 0.6) is 0 Å². The second-order valence-electron chi connectivity index (χ2n) is 2.99. The second kappa shape index (κ2) is 5.34. The van der Waals surface area contributed by atoms with E-state index in [1.165, 1.54) is 6.20 Å². The molecule has 1 aromatic heterocycles. The Morgan fingerprint density at radius 3 is 3.07 bits per heavy atom. The third-order valence-corrected chi connectivity index (χ3v) is 1.93. The van der Waals surface area contributed by atoms with E-state index in [1.54, 1.807) is 12.3 Å². The Bertz CT molecular complexity index is 312. The summed E-state index contributed by atoms with van der Waals surface area (Å²) in [6.07, 6.45) is 3.56. The Morgan fingerprint density at radius 1 is 1.64 bits per heavy atom. The zero-order valence-corrected chi connectivity index (χ0v) is 8.29. The first kappa shape index (κ1) is 10.7. The molecule has 14 heavy (non-hydrogen) atoms. The molecule has 0 aliphatic rings. The summed E-state index contributed by atoms with van der Waals surface area (Å²) in [5.41, 5.74) is 6.66. The van der Waals surface area contributed by atoms with Gasteiger partial charge in [-0.15, -0.1) is 0 Å². The molecule has 0 bridgehead atoms. The van der Waals surface area contributed by atoms with Crippen LogP contribution in [-0.4, -0.2) is 23.9 Å². The zero-order valence-electron chi connectivity index (χ0n) is 8.29. The van der Waals surface area contributed by atoms with Gasteiger partial charge >= 0.3 is 0 Å². The highest BCUT2D eigenvalue weighted by atomic mass is 16.1. The van der Waals surface area contributed by atoms with Crippen LogP contribution in [0.3, 0.4) is 0 Å². The van der Waals surface area contributed by atoms with Crippen molar-refractivity contribution in [1.29, 1.82) is 0 Å². The summed E-state index contributed by atoms with van der Waals surface area (Å²) in [6, 6.07) is 1.64. The molecule has 4 heteroatoms. The van der Waals surface area contributed by atoms with Crippen LogP contribution in [-0.2, 0) is 0 Å². The Hall–Kier alpha value is -1.42. The largest absolute Gasteiger partial charge is 0.398 e. The highest BCUT2D eigenvalue weighted by Crippen LogP contribution is 2.10. The molecule has 0 spiro atoms. The van der Waals surface area contributed by atoms with Crippen LogP contribution >= 0.6 is 0 Å². The van der Waals surface area contributed by atoms with Crippen LogP contribution in [0.1, 0.15) is 23.7 Å². The number of Topliss-reactive ketones (excluding diaryl/α,β-unsaturated/α-hetero) is 1. The van der Waals surface area contributed by atoms with Gasteiger partial charge in [-0.25, -0.2) is 0 Å². The van der Waals surface area contributed by atoms with Crippen LogP contribution < -0.4 is 11.1 Å². The van der Waals surface area contributed by atoms with E-state index in [4.69, 9.17) is 5.73 Å². The minimum Gasteiger partial charge on any atom is -0.398 e. The molecule has 4 nitrogen and oxygen atoms in total. The molecule has 0 atom stereocenters. The lowest BCUT2D eigenvalue weighted by Crippen LogP contribution is -2.18. The van der Waals surface area contributed by atoms with Gasteiger partial charge in [0.25, 0.3) is 0 Å². The lowest BCUT2D eigenvalue weighted by Gasteiger charge is -2.03. The molecule has 0 amide bonds. The van der Waals surface area contributed by atoms with Gasteiger partial charge in [-0.05, 0) is 12.6 Å². The van der Waals surface area contributed by atoms with Gasteiger partial charge in [-0.2, -0.15) is 0 Å². The van der Waals surface area contributed by atoms with E-state index in [0.717, 1.165) is 6.54 Å². The summed E-state index contributed by atoms with van der Waals surface area (Å²) in [5, 5.41) is 3.09. The molecule has 0 radical (unpaired) electrons. The molecular weight excluding hydrogens is 178 g/mol. The number of carbonyl (C=O) groups excluding carboxylic acids is 1. The standard InChI is InChI=1S/C10H15N3O/c1-2-12-6-4-10(14)8-7-13-5-3-9(8)11/h3,5,7,12H,2,4,6H2,1H3,(H2,11,13). The number of ketones is 1. The number of hydrogen-bond donors (Lipinski definition) is 2. The van der Waals surface area contributed by atoms with Gasteiger partial charge in [0, 0.05) is 31.0 Å². The SMILES string of the molecule is CCNCCC(=O)c1cnccc1N. The molecule has 1 rings (SSSR count). The Labute approximate surface area is 83.5 Å². The fraction of sp³-hybridized carbons (Fsp3) is 0.400. The molecule has 76 valence electrons. The molecule has 0 unspecified atom stereocenters. The predicted octanol–water partition coefficient (Wildman–Crippen LogP) is 0.846. The van der Waals surface area contributed by atoms with E-state index in [9.17, 15) is 4.79 Å². The van der Waals surface area contributed by atoms with E-state index in [-0.39, 0.29) is 5.78 Å². The van der Waals surface area contributed by atoms with Gasteiger partial charge in [-0.1, -0.05) is 6.92 Å². The third kappa shape index (κ3) is 2.81. The molecular formula is C10H15N3O. The van der Waals surface area contributed by atoms with E-state index in [2.05, 4.69) is 10.3 Å². The Morgan fingerprint density at radius 2 is 2.43 bits per heavy atom. The quantitative estimate of drug-likeness (QED) is 0.537. The van der Waals surface area contributed by atoms with Crippen molar-refractivity contribution in [3.05, 3.63) is 24.0 Å². The number of nitrogens with two attached hydrogens (primary N) is 1. The van der Waals surface area contributed by atoms with Crippen LogP contribution in [0.2, 0.25) is 0 Å². The van der Waals surface area contributed by atoms with Crippen molar-refractivity contribution in [3.63, 3.8) is 0 Å². The van der Waals surface area contributed by atoms with Gasteiger partial charge in [0.15, 0.2) is 5.78 Å². The smallest absolute Gasteiger partial charge is 0.167 e. The minimum absolute atomic E-state index is 0.0385. The number of hydrogen-bond acceptors (Lipinski definition) is 4. The maximum Gasteiger partial charge on any atom is 0.167 e. The van der Waals surface area contributed by atoms with Crippen LogP contribution in [0.25, 0.3) is 0 Å². The van der Waals surface area contributed by atoms with Crippen molar-refractivity contribution in [2.45, 2.75) is 13.3 Å². The lowest BCUT2D eigenvalue weighted by molar-refractivity contribution is 0.0983. The number of aromatic nitrogens is 1. The van der Waals surface area contributed by atoms with Gasteiger partial charge in [0.2, 0.25) is 0 Å². The molecule has 0 saturated heterocycles. The zero-order chi connectivity index (χ0) is 10.4. The maximum atomic E-state index is 11.6. The molecule has 0 aliphatic heterocycles. The Balaban J connectivity index is 2.56. The van der Waals surface area contributed by atoms with E-state index >= 15 is 0 Å². The normalized spacial score (nSPS) is 10.1. The first-order valence-electron chi connectivity index (χ1n) is 4.69. The van der Waals surface area contributed by atoms with Crippen LogP contribution in [0, 0.1) is 0 Å². The van der Waals surface area contributed by atoms with Crippen molar-refractivity contribution in [1.82, 2.24) is 10.3 Å². The van der Waals surface area contributed by atoms with Crippen molar-refractivity contribution < 1.29 is 4.79 Å². The summed E-state index contributed by atoms with van der Waals surface area (Å²) < 4.78 is 0. The number of anilines is 1. The van der Waals surface area contributed by atoms with Gasteiger partial charge < -0.3 is 11.1 Å². The van der Waals surface area contributed by atoms with E-state index in [0.29, 0.717) is 24.2 Å². The van der Waals surface area contributed by atoms with Crippen LogP contribution in [0.15, 0.2) is 18.5 Å². The topological polar surface area (TPSA) is 68.0 Å². The van der Waals surface area contributed by atoms with Crippen molar-refractivity contribution in [2.24, 2.45) is 0 Å². The van der Waals surface area contributed by atoms with E-state index in [1.807, 2.05) is 6.92 Å². The van der Waals surface area contributed by atoms with E-state index < -0.39 is 0 Å². The average Bonchev–Trinajstić information content (AvgIpc) is 2.18. The Kier molecular flexibility index (Phi) is 4.07. The van der Waals surface area contributed by atoms with Gasteiger partial charge in [0.1, 0.15) is 0 Å². The fourth-order valence-corrected chi connectivity index (χ4v) is 1.15. The molecule has 1 heterocycles.